The highest BCUT2D eigenvalue weighted by atomic mass is 79.9. The molecule has 0 radical (unpaired) electrons. The Morgan fingerprint density at radius 3 is 2.26 bits per heavy atom. The molecule has 19 heavy (non-hydrogen) atoms. The van der Waals surface area contributed by atoms with E-state index in [1.165, 1.54) is 4.88 Å². The van der Waals surface area contributed by atoms with Gasteiger partial charge in [0.05, 0.1) is 6.04 Å². The third-order valence-corrected chi connectivity index (χ3v) is 6.14. The Kier molecular flexibility index (Phi) is 7.33. The maximum atomic E-state index is 6.10. The minimum atomic E-state index is 0.189. The quantitative estimate of drug-likeness (QED) is 0.734. The van der Waals surface area contributed by atoms with Crippen molar-refractivity contribution in [1.82, 2.24) is 5.32 Å². The Morgan fingerprint density at radius 2 is 1.89 bits per heavy atom. The molecular formula is C14H24BrClN2S. The highest BCUT2D eigenvalue weighted by Crippen LogP contribution is 2.35. The van der Waals surface area contributed by atoms with Crippen LogP contribution in [0.25, 0.3) is 0 Å². The molecule has 0 aliphatic rings. The summed E-state index contributed by atoms with van der Waals surface area (Å²) in [7, 11) is 0. The number of nitrogens with one attached hydrogen (secondary N) is 1. The molecule has 1 unspecified atom stereocenters. The summed E-state index contributed by atoms with van der Waals surface area (Å²) in [6.45, 7) is 10.7. The fourth-order valence-electron chi connectivity index (χ4n) is 2.35. The normalized spacial score (nSPS) is 13.8. The molecule has 5 heteroatoms. The first-order valence-corrected chi connectivity index (χ1v) is 8.73. The summed E-state index contributed by atoms with van der Waals surface area (Å²) in [4.78, 5) is 1.20. The average molecular weight is 368 g/mol. The second-order valence-electron chi connectivity index (χ2n) is 5.62. The molecule has 0 amide bonds. The first-order valence-electron chi connectivity index (χ1n) is 6.75. The Hall–Kier alpha value is 0.390. The second-order valence-corrected chi connectivity index (χ2v) is 8.16. The molecule has 1 heterocycles. The van der Waals surface area contributed by atoms with Crippen LogP contribution in [0.3, 0.4) is 0 Å². The van der Waals surface area contributed by atoms with E-state index < -0.39 is 0 Å². The maximum absolute atomic E-state index is 6.10. The van der Waals surface area contributed by atoms with Gasteiger partial charge in [-0.1, -0.05) is 39.3 Å². The lowest BCUT2D eigenvalue weighted by atomic mass is 9.85. The largest absolute Gasteiger partial charge is 0.329 e. The van der Waals surface area contributed by atoms with E-state index in [-0.39, 0.29) is 6.04 Å². The molecule has 0 bridgehead atoms. The molecule has 1 aromatic heterocycles. The van der Waals surface area contributed by atoms with Gasteiger partial charge in [-0.05, 0) is 46.3 Å². The Morgan fingerprint density at radius 1 is 1.32 bits per heavy atom. The van der Waals surface area contributed by atoms with Crippen LogP contribution in [0.4, 0.5) is 0 Å². The molecule has 3 N–H and O–H groups in total. The van der Waals surface area contributed by atoms with Crippen LogP contribution in [0.1, 0.15) is 38.6 Å². The third-order valence-electron chi connectivity index (χ3n) is 3.56. The lowest BCUT2D eigenvalue weighted by Crippen LogP contribution is -2.35. The summed E-state index contributed by atoms with van der Waals surface area (Å²) in [5, 5.41) is 3.59. The molecule has 1 aromatic rings. The summed E-state index contributed by atoms with van der Waals surface area (Å²) in [5.74, 6) is 2.00. The number of rotatable bonds is 7. The van der Waals surface area contributed by atoms with Crippen molar-refractivity contribution in [1.29, 1.82) is 0 Å². The molecule has 1 atom stereocenters. The fourth-order valence-corrected chi connectivity index (χ4v) is 4.18. The van der Waals surface area contributed by atoms with Gasteiger partial charge in [0.25, 0.3) is 0 Å². The number of hydrogen-bond acceptors (Lipinski definition) is 3. The van der Waals surface area contributed by atoms with Gasteiger partial charge >= 0.3 is 0 Å². The maximum Gasteiger partial charge on any atom is 0.107 e. The van der Waals surface area contributed by atoms with E-state index in [4.69, 9.17) is 17.3 Å². The van der Waals surface area contributed by atoms with Gasteiger partial charge in [0.2, 0.25) is 0 Å². The predicted octanol–water partition coefficient (Wildman–Crippen LogP) is 4.68. The number of hydrogen-bond donors (Lipinski definition) is 2. The van der Waals surface area contributed by atoms with Gasteiger partial charge in [0.15, 0.2) is 0 Å². The monoisotopic (exact) mass is 366 g/mol. The van der Waals surface area contributed by atoms with Crippen molar-refractivity contribution < 1.29 is 0 Å². The van der Waals surface area contributed by atoms with Crippen molar-refractivity contribution in [2.24, 2.45) is 23.5 Å². The molecule has 0 aliphatic heterocycles. The molecule has 1 rings (SSSR count). The van der Waals surface area contributed by atoms with Crippen LogP contribution in [0, 0.1) is 17.8 Å². The predicted molar refractivity (Wildman–Crippen MR) is 90.0 cm³/mol. The average Bonchev–Trinajstić information content (AvgIpc) is 2.64. The van der Waals surface area contributed by atoms with Crippen molar-refractivity contribution in [2.45, 2.75) is 33.7 Å². The van der Waals surface area contributed by atoms with Crippen LogP contribution < -0.4 is 11.1 Å². The lowest BCUT2D eigenvalue weighted by Gasteiger charge is -2.27. The molecule has 0 fully saturated rings. The van der Waals surface area contributed by atoms with Crippen LogP contribution >= 0.6 is 38.9 Å². The van der Waals surface area contributed by atoms with Crippen molar-refractivity contribution in [3.8, 4) is 0 Å². The van der Waals surface area contributed by atoms with Gasteiger partial charge in [-0.3, -0.25) is 0 Å². The topological polar surface area (TPSA) is 38.0 Å². The van der Waals surface area contributed by atoms with Gasteiger partial charge in [-0.2, -0.15) is 0 Å². The van der Waals surface area contributed by atoms with Crippen LogP contribution in [-0.4, -0.2) is 13.1 Å². The van der Waals surface area contributed by atoms with Crippen LogP contribution in [0.2, 0.25) is 4.34 Å². The molecular weight excluding hydrogens is 344 g/mol. The standard InChI is InChI=1S/C14H24BrClN2S/c1-8(2)10(9(3)4)7-18-12(6-17)13-5-11(15)14(16)19-13/h5,8-10,12,18H,6-7,17H2,1-4H3. The SMILES string of the molecule is CC(C)C(CNC(CN)c1cc(Br)c(Cl)s1)C(C)C. The molecule has 110 valence electrons. The number of halogens is 2. The molecule has 0 aromatic carbocycles. The van der Waals surface area contributed by atoms with E-state index in [0.717, 1.165) is 15.4 Å². The number of thiophene rings is 1. The smallest absolute Gasteiger partial charge is 0.107 e. The summed E-state index contributed by atoms with van der Waals surface area (Å²) in [6, 6.07) is 2.26. The van der Waals surface area contributed by atoms with Crippen molar-refractivity contribution in [3.05, 3.63) is 19.8 Å². The van der Waals surface area contributed by atoms with Crippen LogP contribution in [0.5, 0.6) is 0 Å². The molecule has 0 aliphatic carbocycles. The van der Waals surface area contributed by atoms with Crippen molar-refractivity contribution >= 4 is 38.9 Å². The Balaban J connectivity index is 2.67. The zero-order valence-corrected chi connectivity index (χ0v) is 15.2. The molecule has 2 nitrogen and oxygen atoms in total. The highest BCUT2D eigenvalue weighted by molar-refractivity contribution is 9.10. The van der Waals surface area contributed by atoms with Gasteiger partial charge in [-0.25, -0.2) is 0 Å². The Bertz CT molecular complexity index is 365. The van der Waals surface area contributed by atoms with Crippen molar-refractivity contribution in [2.75, 3.05) is 13.1 Å². The molecule has 0 spiro atoms. The second kappa shape index (κ2) is 7.99. The zero-order valence-electron chi connectivity index (χ0n) is 12.0. The van der Waals surface area contributed by atoms with E-state index in [9.17, 15) is 0 Å². The molecule has 0 saturated carbocycles. The molecule has 0 saturated heterocycles. The van der Waals surface area contributed by atoms with Crippen LogP contribution in [-0.2, 0) is 0 Å². The van der Waals surface area contributed by atoms with Crippen molar-refractivity contribution in [3.63, 3.8) is 0 Å². The zero-order chi connectivity index (χ0) is 14.6. The van der Waals surface area contributed by atoms with Gasteiger partial charge in [-0.15, -0.1) is 11.3 Å². The van der Waals surface area contributed by atoms with Gasteiger partial charge in [0, 0.05) is 15.9 Å². The van der Waals surface area contributed by atoms with Gasteiger partial charge in [0.1, 0.15) is 4.34 Å². The fraction of sp³-hybridized carbons (Fsp3) is 0.714. The highest BCUT2D eigenvalue weighted by Gasteiger charge is 2.20. The van der Waals surface area contributed by atoms with E-state index in [1.54, 1.807) is 11.3 Å². The summed E-state index contributed by atoms with van der Waals surface area (Å²) in [5.41, 5.74) is 5.89. The summed E-state index contributed by atoms with van der Waals surface area (Å²) < 4.78 is 1.75. The third kappa shape index (κ3) is 5.01. The first-order chi connectivity index (χ1) is 8.86. The minimum Gasteiger partial charge on any atom is -0.329 e. The Labute approximate surface area is 134 Å². The van der Waals surface area contributed by atoms with Crippen LogP contribution in [0.15, 0.2) is 10.5 Å². The van der Waals surface area contributed by atoms with E-state index in [1.807, 2.05) is 0 Å². The van der Waals surface area contributed by atoms with E-state index in [2.05, 4.69) is 55.0 Å². The van der Waals surface area contributed by atoms with Gasteiger partial charge < -0.3 is 11.1 Å². The van der Waals surface area contributed by atoms with E-state index >= 15 is 0 Å². The minimum absolute atomic E-state index is 0.189. The first kappa shape index (κ1) is 17.4. The number of nitrogens with two attached hydrogens (primary N) is 1. The summed E-state index contributed by atoms with van der Waals surface area (Å²) in [6.07, 6.45) is 0. The summed E-state index contributed by atoms with van der Waals surface area (Å²) >= 11 is 11.1. The van der Waals surface area contributed by atoms with E-state index in [0.29, 0.717) is 24.3 Å². The lowest BCUT2D eigenvalue weighted by molar-refractivity contribution is 0.267.